The summed E-state index contributed by atoms with van der Waals surface area (Å²) in [6.45, 7) is 3.44. The average molecular weight is 238 g/mol. The molecule has 0 radical (unpaired) electrons. The van der Waals surface area contributed by atoms with Gasteiger partial charge in [0, 0.05) is 19.6 Å². The standard InChI is InChI=1S/C8H18N2O4S/c1-3-14-8(11)4-5-9-6-7-10-15(2,12)13/h9-10H,3-7H2,1-2H3. The molecule has 0 amide bonds. The second kappa shape index (κ2) is 7.61. The van der Waals surface area contributed by atoms with E-state index in [4.69, 9.17) is 4.74 Å². The van der Waals surface area contributed by atoms with Crippen molar-refractivity contribution in [1.29, 1.82) is 0 Å². The van der Waals surface area contributed by atoms with Crippen LogP contribution in [0.3, 0.4) is 0 Å². The number of carbonyl (C=O) groups excluding carboxylic acids is 1. The Morgan fingerprint density at radius 1 is 1.27 bits per heavy atom. The van der Waals surface area contributed by atoms with Crippen LogP contribution in [0.25, 0.3) is 0 Å². The third-order valence-electron chi connectivity index (χ3n) is 1.48. The van der Waals surface area contributed by atoms with Crippen LogP contribution >= 0.6 is 0 Å². The van der Waals surface area contributed by atoms with Crippen molar-refractivity contribution in [3.8, 4) is 0 Å². The number of ether oxygens (including phenoxy) is 1. The number of nitrogens with one attached hydrogen (secondary N) is 2. The van der Waals surface area contributed by atoms with Gasteiger partial charge in [0.2, 0.25) is 10.0 Å². The van der Waals surface area contributed by atoms with Crippen LogP contribution in [0.4, 0.5) is 0 Å². The minimum absolute atomic E-state index is 0.249. The third-order valence-corrected chi connectivity index (χ3v) is 2.21. The molecular formula is C8H18N2O4S. The summed E-state index contributed by atoms with van der Waals surface area (Å²) in [5, 5.41) is 2.92. The van der Waals surface area contributed by atoms with Gasteiger partial charge in [-0.2, -0.15) is 0 Å². The van der Waals surface area contributed by atoms with E-state index in [2.05, 4.69) is 10.0 Å². The molecule has 0 aromatic carbocycles. The summed E-state index contributed by atoms with van der Waals surface area (Å²) in [5.74, 6) is -0.249. The highest BCUT2D eigenvalue weighted by molar-refractivity contribution is 7.88. The number of carbonyl (C=O) groups is 1. The number of sulfonamides is 1. The summed E-state index contributed by atoms with van der Waals surface area (Å²) >= 11 is 0. The highest BCUT2D eigenvalue weighted by Gasteiger charge is 2.01. The number of esters is 1. The van der Waals surface area contributed by atoms with E-state index in [1.165, 1.54) is 0 Å². The summed E-state index contributed by atoms with van der Waals surface area (Å²) in [6.07, 6.45) is 1.40. The van der Waals surface area contributed by atoms with E-state index in [0.717, 1.165) is 6.26 Å². The molecule has 0 fully saturated rings. The smallest absolute Gasteiger partial charge is 0.307 e. The van der Waals surface area contributed by atoms with E-state index in [-0.39, 0.29) is 5.97 Å². The fourth-order valence-electron chi connectivity index (χ4n) is 0.873. The van der Waals surface area contributed by atoms with Crippen molar-refractivity contribution in [3.05, 3.63) is 0 Å². The van der Waals surface area contributed by atoms with Crippen molar-refractivity contribution in [3.63, 3.8) is 0 Å². The normalized spacial score (nSPS) is 11.3. The first-order valence-corrected chi connectivity index (χ1v) is 6.66. The van der Waals surface area contributed by atoms with Crippen LogP contribution in [0.15, 0.2) is 0 Å². The van der Waals surface area contributed by atoms with Crippen LogP contribution in [-0.4, -0.2) is 46.9 Å². The molecule has 90 valence electrons. The number of hydrogen-bond donors (Lipinski definition) is 2. The van der Waals surface area contributed by atoms with E-state index in [0.29, 0.717) is 32.7 Å². The molecule has 15 heavy (non-hydrogen) atoms. The summed E-state index contributed by atoms with van der Waals surface area (Å²) in [4.78, 5) is 10.9. The molecule has 7 heteroatoms. The predicted octanol–water partition coefficient (Wildman–Crippen LogP) is -0.922. The third kappa shape index (κ3) is 11.3. The van der Waals surface area contributed by atoms with Gasteiger partial charge in [0.1, 0.15) is 0 Å². The Bertz CT molecular complexity index is 276. The minimum Gasteiger partial charge on any atom is -0.466 e. The molecule has 0 saturated heterocycles. The zero-order valence-corrected chi connectivity index (χ0v) is 9.89. The highest BCUT2D eigenvalue weighted by Crippen LogP contribution is 1.83. The molecule has 0 aliphatic rings. The monoisotopic (exact) mass is 238 g/mol. The molecule has 6 nitrogen and oxygen atoms in total. The van der Waals surface area contributed by atoms with Crippen LogP contribution in [0.5, 0.6) is 0 Å². The van der Waals surface area contributed by atoms with Crippen LogP contribution in [0.1, 0.15) is 13.3 Å². The van der Waals surface area contributed by atoms with Crippen LogP contribution in [0, 0.1) is 0 Å². The van der Waals surface area contributed by atoms with Gasteiger partial charge >= 0.3 is 5.97 Å². The van der Waals surface area contributed by atoms with Crippen molar-refractivity contribution >= 4 is 16.0 Å². The molecule has 0 spiro atoms. The van der Waals surface area contributed by atoms with Gasteiger partial charge in [-0.25, -0.2) is 13.1 Å². The summed E-state index contributed by atoms with van der Waals surface area (Å²) in [5.41, 5.74) is 0. The quantitative estimate of drug-likeness (QED) is 0.422. The lowest BCUT2D eigenvalue weighted by Crippen LogP contribution is -2.32. The molecule has 0 saturated carbocycles. The average Bonchev–Trinajstić information content (AvgIpc) is 2.09. The van der Waals surface area contributed by atoms with E-state index in [1.54, 1.807) is 6.92 Å². The zero-order chi connectivity index (χ0) is 11.7. The maximum Gasteiger partial charge on any atom is 0.307 e. The van der Waals surface area contributed by atoms with Crippen LogP contribution < -0.4 is 10.0 Å². The molecule has 0 aromatic heterocycles. The molecule has 0 aliphatic carbocycles. The second-order valence-electron chi connectivity index (χ2n) is 2.97. The van der Waals surface area contributed by atoms with Gasteiger partial charge < -0.3 is 10.1 Å². The largest absolute Gasteiger partial charge is 0.466 e. The maximum absolute atomic E-state index is 10.9. The van der Waals surface area contributed by atoms with Gasteiger partial charge in [-0.1, -0.05) is 0 Å². The Kier molecular flexibility index (Phi) is 7.27. The Labute approximate surface area is 90.4 Å². The molecule has 0 unspecified atom stereocenters. The van der Waals surface area contributed by atoms with E-state index >= 15 is 0 Å². The van der Waals surface area contributed by atoms with Crippen molar-refractivity contribution in [1.82, 2.24) is 10.0 Å². The fourth-order valence-corrected chi connectivity index (χ4v) is 1.35. The number of hydrogen-bond acceptors (Lipinski definition) is 5. The lowest BCUT2D eigenvalue weighted by atomic mass is 10.4. The SMILES string of the molecule is CCOC(=O)CCNCCNS(C)(=O)=O. The summed E-state index contributed by atoms with van der Waals surface area (Å²) in [7, 11) is -3.12. The van der Waals surface area contributed by atoms with Crippen molar-refractivity contribution in [2.75, 3.05) is 32.5 Å². The summed E-state index contributed by atoms with van der Waals surface area (Å²) < 4.78 is 28.3. The van der Waals surface area contributed by atoms with Crippen molar-refractivity contribution < 1.29 is 17.9 Å². The molecule has 2 N–H and O–H groups in total. The van der Waals surface area contributed by atoms with E-state index in [1.807, 2.05) is 0 Å². The number of rotatable bonds is 8. The minimum atomic E-state index is -3.12. The molecule has 0 heterocycles. The van der Waals surface area contributed by atoms with Gasteiger partial charge in [0.25, 0.3) is 0 Å². The lowest BCUT2D eigenvalue weighted by Gasteiger charge is -2.04. The van der Waals surface area contributed by atoms with E-state index < -0.39 is 10.0 Å². The molecule has 0 atom stereocenters. The first kappa shape index (κ1) is 14.3. The zero-order valence-electron chi connectivity index (χ0n) is 9.08. The van der Waals surface area contributed by atoms with Crippen LogP contribution in [0.2, 0.25) is 0 Å². The molecule has 0 rings (SSSR count). The fraction of sp³-hybridized carbons (Fsp3) is 0.875. The predicted molar refractivity (Wildman–Crippen MR) is 57.0 cm³/mol. The molecule has 0 bridgehead atoms. The highest BCUT2D eigenvalue weighted by atomic mass is 32.2. The Morgan fingerprint density at radius 2 is 1.93 bits per heavy atom. The van der Waals surface area contributed by atoms with Crippen molar-refractivity contribution in [2.45, 2.75) is 13.3 Å². The topological polar surface area (TPSA) is 84.5 Å². The maximum atomic E-state index is 10.9. The first-order valence-electron chi connectivity index (χ1n) is 4.76. The molecule has 0 aliphatic heterocycles. The van der Waals surface area contributed by atoms with Gasteiger partial charge in [-0.05, 0) is 6.92 Å². The second-order valence-corrected chi connectivity index (χ2v) is 4.80. The Hall–Kier alpha value is -0.660. The van der Waals surface area contributed by atoms with Gasteiger partial charge in [0.05, 0.1) is 19.3 Å². The molecule has 0 aromatic rings. The Balaban J connectivity index is 3.29. The van der Waals surface area contributed by atoms with Crippen LogP contribution in [-0.2, 0) is 19.6 Å². The van der Waals surface area contributed by atoms with Crippen molar-refractivity contribution in [2.24, 2.45) is 0 Å². The molecular weight excluding hydrogens is 220 g/mol. The van der Waals surface area contributed by atoms with Gasteiger partial charge in [-0.15, -0.1) is 0 Å². The van der Waals surface area contributed by atoms with E-state index in [9.17, 15) is 13.2 Å². The first-order chi connectivity index (χ1) is 6.95. The van der Waals surface area contributed by atoms with Gasteiger partial charge in [0.15, 0.2) is 0 Å². The Morgan fingerprint density at radius 3 is 2.47 bits per heavy atom. The lowest BCUT2D eigenvalue weighted by molar-refractivity contribution is -0.142. The van der Waals surface area contributed by atoms with Gasteiger partial charge in [-0.3, -0.25) is 4.79 Å². The summed E-state index contributed by atoms with van der Waals surface area (Å²) in [6, 6.07) is 0.